The molecule has 0 saturated carbocycles. The third-order valence-corrected chi connectivity index (χ3v) is 3.45. The number of halogens is 1. The van der Waals surface area contributed by atoms with Crippen molar-refractivity contribution in [3.8, 4) is 0 Å². The Morgan fingerprint density at radius 3 is 2.76 bits per heavy atom. The summed E-state index contributed by atoms with van der Waals surface area (Å²) in [5.74, 6) is 0.102. The van der Waals surface area contributed by atoms with Crippen LogP contribution in [0, 0.1) is 0 Å². The number of ketones is 1. The van der Waals surface area contributed by atoms with Gasteiger partial charge in [0.05, 0.1) is 11.8 Å². The Balaban J connectivity index is 2.52. The molecule has 1 amide bonds. The lowest BCUT2D eigenvalue weighted by molar-refractivity contribution is -0.117. The van der Waals surface area contributed by atoms with Crippen molar-refractivity contribution >= 4 is 33.3 Å². The number of Topliss-reactive ketones (excluding diaryl/α,β-unsaturated/α-hetero) is 1. The van der Waals surface area contributed by atoms with E-state index in [2.05, 4.69) is 15.9 Å². The molecule has 90 valence electrons. The summed E-state index contributed by atoms with van der Waals surface area (Å²) < 4.78 is 0. The second kappa shape index (κ2) is 4.61. The lowest BCUT2D eigenvalue weighted by Gasteiger charge is -2.22. The Bertz CT molecular complexity index is 482. The van der Waals surface area contributed by atoms with Crippen molar-refractivity contribution in [2.75, 3.05) is 10.2 Å². The van der Waals surface area contributed by atoms with Crippen LogP contribution in [0.1, 0.15) is 29.8 Å². The zero-order valence-corrected chi connectivity index (χ0v) is 11.5. The summed E-state index contributed by atoms with van der Waals surface area (Å²) in [5, 5.41) is 0.291. The summed E-state index contributed by atoms with van der Waals surface area (Å²) in [5.41, 5.74) is 2.42. The van der Waals surface area contributed by atoms with Gasteiger partial charge in [-0.05, 0) is 25.5 Å². The van der Waals surface area contributed by atoms with Crippen LogP contribution in [0.15, 0.2) is 18.2 Å². The Morgan fingerprint density at radius 1 is 1.47 bits per heavy atom. The van der Waals surface area contributed by atoms with Gasteiger partial charge in [0.2, 0.25) is 5.91 Å². The van der Waals surface area contributed by atoms with Crippen molar-refractivity contribution in [1.82, 2.24) is 0 Å². The van der Waals surface area contributed by atoms with Crippen LogP contribution >= 0.6 is 15.9 Å². The Labute approximate surface area is 109 Å². The SMILES string of the molecule is CC(C)N1C(=O)Cc2c(C(=O)CBr)cccc21. The molecular formula is C13H14BrNO2. The van der Waals surface area contributed by atoms with Crippen LogP contribution in [0.3, 0.4) is 0 Å². The van der Waals surface area contributed by atoms with E-state index >= 15 is 0 Å². The highest BCUT2D eigenvalue weighted by Gasteiger charge is 2.31. The molecule has 0 aromatic heterocycles. The molecule has 0 atom stereocenters. The number of fused-ring (bicyclic) bond motifs is 1. The Kier molecular flexibility index (Phi) is 3.33. The van der Waals surface area contributed by atoms with E-state index in [0.717, 1.165) is 11.3 Å². The van der Waals surface area contributed by atoms with Crippen LogP contribution in [0.5, 0.6) is 0 Å². The van der Waals surface area contributed by atoms with E-state index < -0.39 is 0 Å². The fourth-order valence-corrected chi connectivity index (χ4v) is 2.56. The van der Waals surface area contributed by atoms with Crippen molar-refractivity contribution in [2.45, 2.75) is 26.3 Å². The van der Waals surface area contributed by atoms with Gasteiger partial charge in [-0.1, -0.05) is 28.1 Å². The van der Waals surface area contributed by atoms with Crippen LogP contribution in [0.4, 0.5) is 5.69 Å². The molecule has 1 aliphatic rings. The summed E-state index contributed by atoms with van der Waals surface area (Å²) in [6, 6.07) is 5.66. The standard InChI is InChI=1S/C13H14BrNO2/c1-8(2)15-11-5-3-4-9(12(16)7-14)10(11)6-13(15)17/h3-5,8H,6-7H2,1-2H3. The zero-order valence-electron chi connectivity index (χ0n) is 9.87. The first-order valence-corrected chi connectivity index (χ1v) is 6.71. The van der Waals surface area contributed by atoms with Crippen LogP contribution in [-0.2, 0) is 11.2 Å². The maximum Gasteiger partial charge on any atom is 0.231 e. The second-order valence-electron chi connectivity index (χ2n) is 4.39. The smallest absolute Gasteiger partial charge is 0.231 e. The van der Waals surface area contributed by atoms with Gasteiger partial charge in [0.25, 0.3) is 0 Å². The molecule has 17 heavy (non-hydrogen) atoms. The molecule has 0 radical (unpaired) electrons. The van der Waals surface area contributed by atoms with Gasteiger partial charge in [-0.25, -0.2) is 0 Å². The van der Waals surface area contributed by atoms with Gasteiger partial charge in [0, 0.05) is 17.3 Å². The van der Waals surface area contributed by atoms with Crippen molar-refractivity contribution in [2.24, 2.45) is 0 Å². The lowest BCUT2D eigenvalue weighted by Crippen LogP contribution is -2.33. The van der Waals surface area contributed by atoms with Crippen LogP contribution in [-0.4, -0.2) is 23.1 Å². The summed E-state index contributed by atoms with van der Waals surface area (Å²) in [4.78, 5) is 25.5. The molecule has 1 aromatic carbocycles. The van der Waals surface area contributed by atoms with E-state index in [1.165, 1.54) is 0 Å². The third kappa shape index (κ3) is 2.02. The van der Waals surface area contributed by atoms with E-state index in [1.807, 2.05) is 26.0 Å². The minimum absolute atomic E-state index is 0.0280. The van der Waals surface area contributed by atoms with Gasteiger partial charge in [0.1, 0.15) is 0 Å². The predicted molar refractivity (Wildman–Crippen MR) is 70.9 cm³/mol. The van der Waals surface area contributed by atoms with Crippen molar-refractivity contribution in [3.05, 3.63) is 29.3 Å². The van der Waals surface area contributed by atoms with E-state index in [9.17, 15) is 9.59 Å². The first kappa shape index (κ1) is 12.3. The monoisotopic (exact) mass is 295 g/mol. The molecule has 4 heteroatoms. The number of amides is 1. The third-order valence-electron chi connectivity index (χ3n) is 2.95. The minimum atomic E-state index is 0.0280. The number of carbonyl (C=O) groups is 2. The second-order valence-corrected chi connectivity index (χ2v) is 4.96. The summed E-state index contributed by atoms with van der Waals surface area (Å²) in [6.07, 6.45) is 0.336. The maximum atomic E-state index is 11.9. The lowest BCUT2D eigenvalue weighted by atomic mass is 10.0. The van der Waals surface area contributed by atoms with Gasteiger partial charge in [0.15, 0.2) is 5.78 Å². The fourth-order valence-electron chi connectivity index (χ4n) is 2.26. The van der Waals surface area contributed by atoms with Gasteiger partial charge in [-0.3, -0.25) is 9.59 Å². The molecule has 1 heterocycles. The molecule has 0 spiro atoms. The topological polar surface area (TPSA) is 37.4 Å². The normalized spacial score (nSPS) is 14.4. The van der Waals surface area contributed by atoms with E-state index in [0.29, 0.717) is 17.3 Å². The fraction of sp³-hybridized carbons (Fsp3) is 0.385. The first-order valence-electron chi connectivity index (χ1n) is 5.59. The van der Waals surface area contributed by atoms with Crippen LogP contribution < -0.4 is 4.90 Å². The molecule has 3 nitrogen and oxygen atoms in total. The maximum absolute atomic E-state index is 11.9. The Morgan fingerprint density at radius 2 is 2.18 bits per heavy atom. The molecule has 1 aromatic rings. The molecule has 0 fully saturated rings. The molecule has 0 saturated heterocycles. The van der Waals surface area contributed by atoms with E-state index in [4.69, 9.17) is 0 Å². The summed E-state index contributed by atoms with van der Waals surface area (Å²) in [7, 11) is 0. The average molecular weight is 296 g/mol. The number of carbonyl (C=O) groups excluding carboxylic acids is 2. The van der Waals surface area contributed by atoms with Gasteiger partial charge >= 0.3 is 0 Å². The molecule has 0 bridgehead atoms. The van der Waals surface area contributed by atoms with Crippen LogP contribution in [0.25, 0.3) is 0 Å². The molecule has 2 rings (SSSR count). The number of nitrogens with zero attached hydrogens (tertiary/aromatic N) is 1. The number of benzene rings is 1. The van der Waals surface area contributed by atoms with Gasteiger partial charge in [-0.15, -0.1) is 0 Å². The van der Waals surface area contributed by atoms with Crippen molar-refractivity contribution < 1.29 is 9.59 Å². The highest BCUT2D eigenvalue weighted by atomic mass is 79.9. The van der Waals surface area contributed by atoms with E-state index in [-0.39, 0.29) is 17.7 Å². The number of alkyl halides is 1. The van der Waals surface area contributed by atoms with Gasteiger partial charge in [-0.2, -0.15) is 0 Å². The molecule has 1 aliphatic heterocycles. The largest absolute Gasteiger partial charge is 0.309 e. The van der Waals surface area contributed by atoms with Gasteiger partial charge < -0.3 is 4.90 Å². The summed E-state index contributed by atoms with van der Waals surface area (Å²) >= 11 is 3.17. The highest BCUT2D eigenvalue weighted by Crippen LogP contribution is 2.33. The molecule has 0 N–H and O–H groups in total. The molecule has 0 aliphatic carbocycles. The van der Waals surface area contributed by atoms with E-state index in [1.54, 1.807) is 11.0 Å². The number of hydrogen-bond donors (Lipinski definition) is 0. The predicted octanol–water partition coefficient (Wildman–Crippen LogP) is 2.56. The quantitative estimate of drug-likeness (QED) is 0.635. The zero-order chi connectivity index (χ0) is 12.6. The number of rotatable bonds is 3. The molecule has 0 unspecified atom stereocenters. The van der Waals surface area contributed by atoms with Crippen LogP contribution in [0.2, 0.25) is 0 Å². The number of hydrogen-bond acceptors (Lipinski definition) is 2. The summed E-state index contributed by atoms with van der Waals surface area (Å²) in [6.45, 7) is 3.96. The van der Waals surface area contributed by atoms with Crippen molar-refractivity contribution in [1.29, 1.82) is 0 Å². The average Bonchev–Trinajstić information content (AvgIpc) is 2.63. The highest BCUT2D eigenvalue weighted by molar-refractivity contribution is 9.09. The Hall–Kier alpha value is -1.16. The first-order chi connectivity index (χ1) is 8.06. The minimum Gasteiger partial charge on any atom is -0.309 e. The van der Waals surface area contributed by atoms with Crippen molar-refractivity contribution in [3.63, 3.8) is 0 Å². The molecular weight excluding hydrogens is 282 g/mol. The number of anilines is 1.